The second kappa shape index (κ2) is 11.9. The van der Waals surface area contributed by atoms with Gasteiger partial charge in [0.05, 0.1) is 30.2 Å². The van der Waals surface area contributed by atoms with Gasteiger partial charge in [0.15, 0.2) is 5.78 Å². The molecule has 5 aromatic rings. The third kappa shape index (κ3) is 5.73. The maximum absolute atomic E-state index is 13.8. The fourth-order valence-corrected chi connectivity index (χ4v) is 6.68. The Morgan fingerprint density at radius 2 is 1.87 bits per heavy atom. The number of furan rings is 1. The normalized spacial score (nSPS) is 13.2. The second-order valence-electron chi connectivity index (χ2n) is 10.9. The van der Waals surface area contributed by atoms with Crippen LogP contribution in [0.5, 0.6) is 0 Å². The number of hydrogen-bond donors (Lipinski definition) is 1. The zero-order chi connectivity index (χ0) is 31.9. The van der Waals surface area contributed by atoms with Crippen molar-refractivity contribution in [2.24, 2.45) is 0 Å². The number of anilines is 1. The molecular weight excluding hydrogens is 602 g/mol. The van der Waals surface area contributed by atoms with Crippen LogP contribution in [0.1, 0.15) is 45.3 Å². The van der Waals surface area contributed by atoms with Crippen LogP contribution in [0.25, 0.3) is 33.4 Å². The predicted octanol–water partition coefficient (Wildman–Crippen LogP) is 6.16. The molecule has 0 bridgehead atoms. The molecule has 0 fully saturated rings. The Labute approximate surface area is 258 Å². The average Bonchev–Trinajstić information content (AvgIpc) is 3.66. The molecule has 45 heavy (non-hydrogen) atoms. The van der Waals surface area contributed by atoms with Crippen LogP contribution in [0.4, 0.5) is 14.5 Å². The number of rotatable bonds is 9. The molecule has 12 heteroatoms. The maximum Gasteiger partial charge on any atom is 0.254 e. The fourth-order valence-electron chi connectivity index (χ4n) is 5.77. The van der Waals surface area contributed by atoms with E-state index >= 15 is 0 Å². The Morgan fingerprint density at radius 1 is 1.09 bits per heavy atom. The van der Waals surface area contributed by atoms with E-state index < -0.39 is 29.1 Å². The average molecular weight is 633 g/mol. The molecule has 0 unspecified atom stereocenters. The van der Waals surface area contributed by atoms with Crippen molar-refractivity contribution in [1.29, 1.82) is 0 Å². The lowest BCUT2D eigenvalue weighted by Gasteiger charge is -2.27. The van der Waals surface area contributed by atoms with E-state index in [-0.39, 0.29) is 40.7 Å². The molecule has 1 amide bonds. The summed E-state index contributed by atoms with van der Waals surface area (Å²) in [4.78, 5) is 28.7. The van der Waals surface area contributed by atoms with Gasteiger partial charge in [0.1, 0.15) is 23.8 Å². The number of fused-ring (bicyclic) bond motifs is 2. The van der Waals surface area contributed by atoms with E-state index in [0.29, 0.717) is 47.2 Å². The number of aromatic amines is 1. The molecule has 0 spiro atoms. The summed E-state index contributed by atoms with van der Waals surface area (Å²) in [5.41, 5.74) is 4.23. The van der Waals surface area contributed by atoms with Crippen molar-refractivity contribution >= 4 is 38.4 Å². The number of carbonyl (C=O) groups is 2. The Balaban J connectivity index is 1.54. The molecule has 0 saturated carbocycles. The summed E-state index contributed by atoms with van der Waals surface area (Å²) in [6, 6.07) is 15.4. The van der Waals surface area contributed by atoms with Crippen molar-refractivity contribution in [1.82, 2.24) is 15.1 Å². The zero-order valence-electron chi connectivity index (χ0n) is 24.6. The number of sulfonamides is 1. The summed E-state index contributed by atoms with van der Waals surface area (Å²) in [6.07, 6.45) is 3.47. The summed E-state index contributed by atoms with van der Waals surface area (Å²) >= 11 is 0. The first-order valence-corrected chi connectivity index (χ1v) is 16.3. The first kappa shape index (κ1) is 30.2. The number of H-pyrrole nitrogens is 1. The lowest BCUT2D eigenvalue weighted by molar-refractivity contribution is 0.0734. The summed E-state index contributed by atoms with van der Waals surface area (Å²) in [5, 5.41) is 7.44. The van der Waals surface area contributed by atoms with E-state index in [1.54, 1.807) is 48.4 Å². The minimum atomic E-state index is -3.97. The van der Waals surface area contributed by atoms with E-state index in [0.717, 1.165) is 21.8 Å². The van der Waals surface area contributed by atoms with Crippen LogP contribution >= 0.6 is 0 Å². The number of halogens is 2. The highest BCUT2D eigenvalue weighted by atomic mass is 32.2. The molecular formula is C33H30F2N4O5S. The molecule has 1 aliphatic rings. The van der Waals surface area contributed by atoms with Crippen molar-refractivity contribution in [3.05, 3.63) is 95.1 Å². The Kier molecular flexibility index (Phi) is 8.00. The van der Waals surface area contributed by atoms with Gasteiger partial charge in [-0.3, -0.25) is 19.0 Å². The number of alkyl halides is 1. The van der Waals surface area contributed by atoms with Crippen LogP contribution in [0.15, 0.2) is 71.3 Å². The first-order chi connectivity index (χ1) is 21.6. The van der Waals surface area contributed by atoms with Crippen molar-refractivity contribution < 1.29 is 31.2 Å². The van der Waals surface area contributed by atoms with E-state index in [2.05, 4.69) is 10.2 Å². The molecule has 9 nitrogen and oxygen atoms in total. The third-order valence-electron chi connectivity index (χ3n) is 7.98. The molecule has 1 aliphatic heterocycles. The highest BCUT2D eigenvalue weighted by Crippen LogP contribution is 2.42. The summed E-state index contributed by atoms with van der Waals surface area (Å²) in [6.45, 7) is 1.20. The topological polar surface area (TPSA) is 117 Å². The molecule has 3 aromatic carbocycles. The monoisotopic (exact) mass is 632 g/mol. The Hall–Kier alpha value is -4.84. The lowest BCUT2D eigenvalue weighted by Crippen LogP contribution is -2.35. The van der Waals surface area contributed by atoms with Gasteiger partial charge in [-0.25, -0.2) is 17.2 Å². The molecule has 0 aliphatic carbocycles. The number of hydrogen-bond acceptors (Lipinski definition) is 6. The molecule has 3 heterocycles. The van der Waals surface area contributed by atoms with Gasteiger partial charge >= 0.3 is 0 Å². The molecule has 232 valence electrons. The minimum absolute atomic E-state index is 0.128. The van der Waals surface area contributed by atoms with Gasteiger partial charge in [-0.2, -0.15) is 5.10 Å². The van der Waals surface area contributed by atoms with Crippen molar-refractivity contribution in [2.75, 3.05) is 30.3 Å². The van der Waals surface area contributed by atoms with Crippen LogP contribution < -0.4 is 4.31 Å². The summed E-state index contributed by atoms with van der Waals surface area (Å²) in [7, 11) is -3.97. The predicted molar refractivity (Wildman–Crippen MR) is 167 cm³/mol. The molecule has 0 radical (unpaired) electrons. The summed E-state index contributed by atoms with van der Waals surface area (Å²) in [5.74, 6) is -0.687. The second-order valence-corrected chi connectivity index (χ2v) is 12.8. The highest BCUT2D eigenvalue weighted by molar-refractivity contribution is 7.92. The van der Waals surface area contributed by atoms with Crippen LogP contribution in [-0.2, 0) is 23.0 Å². The van der Waals surface area contributed by atoms with Crippen LogP contribution in [-0.4, -0.2) is 61.2 Å². The van der Waals surface area contributed by atoms with E-state index in [1.807, 2.05) is 0 Å². The van der Waals surface area contributed by atoms with Gasteiger partial charge in [0.25, 0.3) is 5.91 Å². The molecule has 0 saturated heterocycles. The van der Waals surface area contributed by atoms with Crippen molar-refractivity contribution in [3.63, 3.8) is 0 Å². The zero-order valence-corrected chi connectivity index (χ0v) is 25.5. The number of carbonyl (C=O) groups excluding carboxylic acids is 2. The van der Waals surface area contributed by atoms with Gasteiger partial charge in [-0.1, -0.05) is 19.1 Å². The van der Waals surface area contributed by atoms with Gasteiger partial charge in [0, 0.05) is 65.3 Å². The van der Waals surface area contributed by atoms with Gasteiger partial charge in [0.2, 0.25) is 10.0 Å². The maximum atomic E-state index is 13.8. The van der Waals surface area contributed by atoms with Crippen molar-refractivity contribution in [3.8, 4) is 22.5 Å². The summed E-state index contributed by atoms with van der Waals surface area (Å²) < 4.78 is 60.5. The number of amides is 1. The number of aromatic nitrogens is 2. The molecule has 0 atom stereocenters. The van der Waals surface area contributed by atoms with Crippen LogP contribution in [0.2, 0.25) is 0 Å². The van der Waals surface area contributed by atoms with Crippen molar-refractivity contribution in [2.45, 2.75) is 26.3 Å². The van der Waals surface area contributed by atoms with E-state index in [1.165, 1.54) is 30.3 Å². The van der Waals surface area contributed by atoms with Crippen LogP contribution in [0.3, 0.4) is 0 Å². The standard InChI is InChI=1S/C33H30F2N4O5S/c1-3-29(40)31-26-16-25(21-5-4-6-22(15-21)33(41)38-13-11-27-23(19-38)18-36-37-27)28(39(14-12-34)45(2,42)43)17-30(26)44-32(31)20-7-9-24(35)10-8-20/h4-10,15-18H,3,11-14,19H2,1-2H3,(H,36,37). The van der Waals surface area contributed by atoms with Crippen LogP contribution in [0, 0.1) is 5.82 Å². The number of benzene rings is 3. The third-order valence-corrected chi connectivity index (χ3v) is 9.16. The molecule has 1 N–H and O–H groups in total. The number of nitrogens with one attached hydrogen (secondary N) is 1. The van der Waals surface area contributed by atoms with Gasteiger partial charge in [-0.05, 0) is 48.0 Å². The number of nitrogens with zero attached hydrogens (tertiary/aromatic N) is 3. The molecule has 6 rings (SSSR count). The quantitative estimate of drug-likeness (QED) is 0.195. The van der Waals surface area contributed by atoms with Gasteiger partial charge < -0.3 is 9.32 Å². The van der Waals surface area contributed by atoms with Gasteiger partial charge in [-0.15, -0.1) is 0 Å². The lowest BCUT2D eigenvalue weighted by atomic mass is 9.95. The largest absolute Gasteiger partial charge is 0.455 e. The Morgan fingerprint density at radius 3 is 2.58 bits per heavy atom. The van der Waals surface area contributed by atoms with E-state index in [4.69, 9.17) is 4.42 Å². The van der Waals surface area contributed by atoms with E-state index in [9.17, 15) is 26.8 Å². The first-order valence-electron chi connectivity index (χ1n) is 14.4. The number of ketones is 1. The fraction of sp³-hybridized carbons (Fsp3) is 0.242. The Bertz CT molecular complexity index is 2040. The number of Topliss-reactive ketones (excluding diaryl/α,β-unsaturated/α-hetero) is 1. The SMILES string of the molecule is CCC(=O)c1c(-c2ccc(F)cc2)oc2cc(N(CCF)S(C)(=O)=O)c(-c3cccc(C(=O)N4CCc5[nH]ncc5C4)c3)cc12. The minimum Gasteiger partial charge on any atom is -0.455 e. The molecule has 2 aromatic heterocycles. The smallest absolute Gasteiger partial charge is 0.254 e. The highest BCUT2D eigenvalue weighted by Gasteiger charge is 2.28.